The summed E-state index contributed by atoms with van der Waals surface area (Å²) in [5, 5.41) is 6.31. The first-order chi connectivity index (χ1) is 11.7. The van der Waals surface area contributed by atoms with Gasteiger partial charge in [-0.2, -0.15) is 0 Å². The van der Waals surface area contributed by atoms with Gasteiger partial charge in [-0.25, -0.2) is 4.79 Å². The van der Waals surface area contributed by atoms with Gasteiger partial charge in [0.25, 0.3) is 0 Å². The number of ether oxygens (including phenoxy) is 1. The first-order valence-corrected chi connectivity index (χ1v) is 8.53. The number of aryl methyl sites for hydroxylation is 1. The lowest BCUT2D eigenvalue weighted by atomic mass is 10.1. The molecule has 4 nitrogen and oxygen atoms in total. The molecule has 0 spiro atoms. The first kappa shape index (κ1) is 18.1. The summed E-state index contributed by atoms with van der Waals surface area (Å²) in [5.41, 5.74) is 2.42. The van der Waals surface area contributed by atoms with Crippen LogP contribution in [0.15, 0.2) is 48.5 Å². The smallest absolute Gasteiger partial charge is 0.314 e. The Bertz CT molecular complexity index is 627. The van der Waals surface area contributed by atoms with Gasteiger partial charge in [-0.05, 0) is 48.2 Å². The molecule has 0 aliphatic rings. The standard InChI is InChI=1S/C19H23ClN2O2/c1-2-15-5-9-18(10-6-15)24-14-13-22-19(23)21-12-11-16-3-7-17(20)8-4-16/h3-10H,2,11-14H2,1H3,(H2,21,22,23). The second-order valence-corrected chi connectivity index (χ2v) is 5.84. The summed E-state index contributed by atoms with van der Waals surface area (Å²) in [5.74, 6) is 0.817. The number of carbonyl (C=O) groups is 1. The van der Waals surface area contributed by atoms with Crippen molar-refractivity contribution in [3.05, 3.63) is 64.7 Å². The molecule has 0 bridgehead atoms. The van der Waals surface area contributed by atoms with Gasteiger partial charge in [-0.15, -0.1) is 0 Å². The average Bonchev–Trinajstić information content (AvgIpc) is 2.61. The molecule has 5 heteroatoms. The van der Waals surface area contributed by atoms with Crippen LogP contribution in [0.3, 0.4) is 0 Å². The van der Waals surface area contributed by atoms with E-state index >= 15 is 0 Å². The predicted molar refractivity (Wildman–Crippen MR) is 97.9 cm³/mol. The fourth-order valence-electron chi connectivity index (χ4n) is 2.19. The van der Waals surface area contributed by atoms with Crippen LogP contribution in [-0.4, -0.2) is 25.7 Å². The number of halogens is 1. The van der Waals surface area contributed by atoms with E-state index in [-0.39, 0.29) is 6.03 Å². The van der Waals surface area contributed by atoms with Crippen molar-refractivity contribution in [2.45, 2.75) is 19.8 Å². The molecular formula is C19H23ClN2O2. The third-order valence-corrected chi connectivity index (χ3v) is 3.85. The average molecular weight is 347 g/mol. The molecule has 2 amide bonds. The molecule has 0 fully saturated rings. The molecular weight excluding hydrogens is 324 g/mol. The summed E-state index contributed by atoms with van der Waals surface area (Å²) in [7, 11) is 0. The van der Waals surface area contributed by atoms with Crippen LogP contribution in [0, 0.1) is 0 Å². The Morgan fingerprint density at radius 2 is 1.58 bits per heavy atom. The van der Waals surface area contributed by atoms with Crippen LogP contribution in [0.4, 0.5) is 4.79 Å². The molecule has 0 aromatic heterocycles. The SMILES string of the molecule is CCc1ccc(OCCNC(=O)NCCc2ccc(Cl)cc2)cc1. The predicted octanol–water partition coefficient (Wildman–Crippen LogP) is 3.82. The third-order valence-electron chi connectivity index (χ3n) is 3.60. The van der Waals surface area contributed by atoms with Gasteiger partial charge in [-0.1, -0.05) is 42.8 Å². The first-order valence-electron chi connectivity index (χ1n) is 8.15. The van der Waals surface area contributed by atoms with Gasteiger partial charge in [-0.3, -0.25) is 0 Å². The van der Waals surface area contributed by atoms with E-state index in [1.165, 1.54) is 5.56 Å². The van der Waals surface area contributed by atoms with Crippen molar-refractivity contribution in [1.82, 2.24) is 10.6 Å². The Balaban J connectivity index is 1.56. The highest BCUT2D eigenvalue weighted by atomic mass is 35.5. The van der Waals surface area contributed by atoms with Crippen LogP contribution >= 0.6 is 11.6 Å². The molecule has 2 rings (SSSR count). The van der Waals surface area contributed by atoms with Crippen LogP contribution in [0.2, 0.25) is 5.02 Å². The molecule has 0 saturated heterocycles. The van der Waals surface area contributed by atoms with Gasteiger partial charge in [0.2, 0.25) is 0 Å². The zero-order chi connectivity index (χ0) is 17.2. The number of urea groups is 1. The van der Waals surface area contributed by atoms with Crippen LogP contribution in [0.25, 0.3) is 0 Å². The summed E-state index contributed by atoms with van der Waals surface area (Å²) >= 11 is 5.83. The summed E-state index contributed by atoms with van der Waals surface area (Å²) in [6.45, 7) is 3.59. The van der Waals surface area contributed by atoms with Crippen molar-refractivity contribution >= 4 is 17.6 Å². The molecule has 2 N–H and O–H groups in total. The number of nitrogens with one attached hydrogen (secondary N) is 2. The summed E-state index contributed by atoms with van der Waals surface area (Å²) in [6.07, 6.45) is 1.78. The Labute approximate surface area is 148 Å². The minimum absolute atomic E-state index is 0.186. The van der Waals surface area contributed by atoms with Crippen molar-refractivity contribution in [2.24, 2.45) is 0 Å². The lowest BCUT2D eigenvalue weighted by Crippen LogP contribution is -2.38. The van der Waals surface area contributed by atoms with Crippen molar-refractivity contribution in [1.29, 1.82) is 0 Å². The highest BCUT2D eigenvalue weighted by Gasteiger charge is 2.00. The molecule has 0 radical (unpaired) electrons. The van der Waals surface area contributed by atoms with Crippen molar-refractivity contribution in [3.8, 4) is 5.75 Å². The fourth-order valence-corrected chi connectivity index (χ4v) is 2.31. The van der Waals surface area contributed by atoms with Crippen LogP contribution in [0.5, 0.6) is 5.75 Å². The lowest BCUT2D eigenvalue weighted by molar-refractivity contribution is 0.236. The maximum atomic E-state index is 11.7. The quantitative estimate of drug-likeness (QED) is 0.714. The van der Waals surface area contributed by atoms with E-state index in [0.29, 0.717) is 24.7 Å². The van der Waals surface area contributed by atoms with E-state index in [9.17, 15) is 4.79 Å². The molecule has 128 valence electrons. The highest BCUT2D eigenvalue weighted by Crippen LogP contribution is 2.12. The zero-order valence-corrected chi connectivity index (χ0v) is 14.6. The molecule has 0 aliphatic heterocycles. The van der Waals surface area contributed by atoms with Gasteiger partial charge < -0.3 is 15.4 Å². The van der Waals surface area contributed by atoms with Gasteiger partial charge in [0.05, 0.1) is 6.54 Å². The number of hydrogen-bond acceptors (Lipinski definition) is 2. The molecule has 24 heavy (non-hydrogen) atoms. The Kier molecular flexibility index (Phi) is 7.43. The molecule has 0 unspecified atom stereocenters. The monoisotopic (exact) mass is 346 g/mol. The topological polar surface area (TPSA) is 50.4 Å². The minimum Gasteiger partial charge on any atom is -0.492 e. The van der Waals surface area contributed by atoms with Gasteiger partial charge in [0.1, 0.15) is 12.4 Å². The molecule has 0 aliphatic carbocycles. The van der Waals surface area contributed by atoms with E-state index in [1.807, 2.05) is 48.5 Å². The summed E-state index contributed by atoms with van der Waals surface area (Å²) in [4.78, 5) is 11.7. The molecule has 2 aromatic carbocycles. The van der Waals surface area contributed by atoms with Crippen LogP contribution in [0.1, 0.15) is 18.1 Å². The van der Waals surface area contributed by atoms with Gasteiger partial charge in [0.15, 0.2) is 0 Å². The second kappa shape index (κ2) is 9.83. The second-order valence-electron chi connectivity index (χ2n) is 5.41. The van der Waals surface area contributed by atoms with E-state index < -0.39 is 0 Å². The van der Waals surface area contributed by atoms with Crippen LogP contribution in [-0.2, 0) is 12.8 Å². The molecule has 0 saturated carbocycles. The maximum Gasteiger partial charge on any atom is 0.314 e. The Morgan fingerprint density at radius 1 is 0.958 bits per heavy atom. The van der Waals surface area contributed by atoms with Gasteiger partial charge in [0, 0.05) is 11.6 Å². The van der Waals surface area contributed by atoms with E-state index in [4.69, 9.17) is 16.3 Å². The van der Waals surface area contributed by atoms with Gasteiger partial charge >= 0.3 is 6.03 Å². The van der Waals surface area contributed by atoms with Crippen LogP contribution < -0.4 is 15.4 Å². The normalized spacial score (nSPS) is 10.2. The maximum absolute atomic E-state index is 11.7. The van der Waals surface area contributed by atoms with E-state index in [2.05, 4.69) is 17.6 Å². The third kappa shape index (κ3) is 6.50. The molecule has 2 aromatic rings. The number of hydrogen-bond donors (Lipinski definition) is 2. The Hall–Kier alpha value is -2.20. The van der Waals surface area contributed by atoms with Crippen molar-refractivity contribution in [2.75, 3.05) is 19.7 Å². The van der Waals surface area contributed by atoms with Crippen molar-refractivity contribution < 1.29 is 9.53 Å². The zero-order valence-electron chi connectivity index (χ0n) is 13.8. The highest BCUT2D eigenvalue weighted by molar-refractivity contribution is 6.30. The lowest BCUT2D eigenvalue weighted by Gasteiger charge is -2.09. The largest absolute Gasteiger partial charge is 0.492 e. The minimum atomic E-state index is -0.186. The number of amides is 2. The van der Waals surface area contributed by atoms with E-state index in [1.54, 1.807) is 0 Å². The molecule has 0 heterocycles. The summed E-state index contributed by atoms with van der Waals surface area (Å²) < 4.78 is 5.59. The molecule has 0 atom stereocenters. The number of benzene rings is 2. The fraction of sp³-hybridized carbons (Fsp3) is 0.316. The Morgan fingerprint density at radius 3 is 2.25 bits per heavy atom. The number of rotatable bonds is 8. The van der Waals surface area contributed by atoms with Crippen molar-refractivity contribution in [3.63, 3.8) is 0 Å². The summed E-state index contributed by atoms with van der Waals surface area (Å²) in [6, 6.07) is 15.4. The van der Waals surface area contributed by atoms with E-state index in [0.717, 1.165) is 24.2 Å². The number of carbonyl (C=O) groups excluding carboxylic acids is 1.